The standard InChI is InChI=1S/C22H33N3O2/c1-16(26)25-21(20-9-5-6-14-23-20)18-12-10-17(11-13-18)15-24-22(27)19-7-3-2-4-8-19/h5-6,9,14,17-19,21H,2-4,7-8,10-13,15H2,1H3,(H,24,27)(H,25,26)/t17?,18?,21-/m0/s1. The van der Waals surface area contributed by atoms with Crippen molar-refractivity contribution < 1.29 is 9.59 Å². The van der Waals surface area contributed by atoms with Gasteiger partial charge in [-0.1, -0.05) is 25.3 Å². The second-order valence-electron chi connectivity index (χ2n) is 8.29. The second-order valence-corrected chi connectivity index (χ2v) is 8.29. The highest BCUT2D eigenvalue weighted by Crippen LogP contribution is 2.36. The minimum atomic E-state index is -0.0125. The fraction of sp³-hybridized carbons (Fsp3) is 0.682. The molecule has 148 valence electrons. The van der Waals surface area contributed by atoms with Crippen LogP contribution >= 0.6 is 0 Å². The molecule has 27 heavy (non-hydrogen) atoms. The van der Waals surface area contributed by atoms with Crippen molar-refractivity contribution in [3.05, 3.63) is 30.1 Å². The van der Waals surface area contributed by atoms with Crippen LogP contribution in [0.1, 0.15) is 76.4 Å². The topological polar surface area (TPSA) is 71.1 Å². The van der Waals surface area contributed by atoms with E-state index in [4.69, 9.17) is 0 Å². The monoisotopic (exact) mass is 371 g/mol. The third kappa shape index (κ3) is 5.78. The van der Waals surface area contributed by atoms with E-state index < -0.39 is 0 Å². The maximum absolute atomic E-state index is 12.4. The van der Waals surface area contributed by atoms with Gasteiger partial charge in [0.05, 0.1) is 11.7 Å². The number of carbonyl (C=O) groups excluding carboxylic acids is 2. The molecule has 1 aromatic heterocycles. The lowest BCUT2D eigenvalue weighted by molar-refractivity contribution is -0.126. The van der Waals surface area contributed by atoms with Gasteiger partial charge in [0.25, 0.3) is 0 Å². The van der Waals surface area contributed by atoms with Crippen molar-refractivity contribution in [3.63, 3.8) is 0 Å². The summed E-state index contributed by atoms with van der Waals surface area (Å²) in [6.45, 7) is 2.37. The Labute approximate surface area is 162 Å². The Kier molecular flexibility index (Phi) is 7.25. The van der Waals surface area contributed by atoms with E-state index in [9.17, 15) is 9.59 Å². The predicted molar refractivity (Wildman–Crippen MR) is 106 cm³/mol. The molecule has 5 heteroatoms. The Morgan fingerprint density at radius 2 is 1.81 bits per heavy atom. The lowest BCUT2D eigenvalue weighted by Gasteiger charge is -2.34. The lowest BCUT2D eigenvalue weighted by atomic mass is 9.77. The van der Waals surface area contributed by atoms with E-state index in [2.05, 4.69) is 15.6 Å². The lowest BCUT2D eigenvalue weighted by Crippen LogP contribution is -2.38. The van der Waals surface area contributed by atoms with Crippen LogP contribution in [-0.2, 0) is 9.59 Å². The molecular weight excluding hydrogens is 338 g/mol. The number of pyridine rings is 1. The molecule has 1 atom stereocenters. The summed E-state index contributed by atoms with van der Waals surface area (Å²) in [5, 5.41) is 6.31. The summed E-state index contributed by atoms with van der Waals surface area (Å²) in [5.74, 6) is 1.46. The predicted octanol–water partition coefficient (Wildman–Crippen LogP) is 3.76. The van der Waals surface area contributed by atoms with Gasteiger partial charge >= 0.3 is 0 Å². The number of nitrogens with zero attached hydrogens (tertiary/aromatic N) is 1. The van der Waals surface area contributed by atoms with Crippen molar-refractivity contribution in [2.45, 2.75) is 70.8 Å². The maximum Gasteiger partial charge on any atom is 0.223 e. The van der Waals surface area contributed by atoms with Crippen LogP contribution in [0.3, 0.4) is 0 Å². The maximum atomic E-state index is 12.4. The van der Waals surface area contributed by atoms with Crippen molar-refractivity contribution in [2.24, 2.45) is 17.8 Å². The molecule has 3 rings (SSSR count). The first kappa shape index (κ1) is 19.8. The van der Waals surface area contributed by atoms with Crippen molar-refractivity contribution in [1.82, 2.24) is 15.6 Å². The van der Waals surface area contributed by atoms with Crippen LogP contribution in [-0.4, -0.2) is 23.3 Å². The number of nitrogens with one attached hydrogen (secondary N) is 2. The van der Waals surface area contributed by atoms with Crippen molar-refractivity contribution in [2.75, 3.05) is 6.54 Å². The first-order valence-corrected chi connectivity index (χ1v) is 10.6. The van der Waals surface area contributed by atoms with Gasteiger partial charge < -0.3 is 10.6 Å². The zero-order chi connectivity index (χ0) is 19.1. The average molecular weight is 372 g/mol. The van der Waals surface area contributed by atoms with Crippen LogP contribution in [0, 0.1) is 17.8 Å². The van der Waals surface area contributed by atoms with Gasteiger partial charge in [-0.3, -0.25) is 14.6 Å². The first-order chi connectivity index (χ1) is 13.1. The molecule has 2 saturated carbocycles. The highest BCUT2D eigenvalue weighted by atomic mass is 16.2. The van der Waals surface area contributed by atoms with Crippen LogP contribution in [0.2, 0.25) is 0 Å². The molecule has 0 aromatic carbocycles. The van der Waals surface area contributed by atoms with Gasteiger partial charge in [0.1, 0.15) is 0 Å². The normalized spacial score (nSPS) is 24.8. The Bertz CT molecular complexity index is 605. The average Bonchev–Trinajstić information content (AvgIpc) is 2.72. The highest BCUT2D eigenvalue weighted by molar-refractivity contribution is 5.78. The Balaban J connectivity index is 1.48. The molecule has 1 heterocycles. The minimum Gasteiger partial charge on any atom is -0.356 e. The van der Waals surface area contributed by atoms with Gasteiger partial charge in [-0.05, 0) is 62.5 Å². The summed E-state index contributed by atoms with van der Waals surface area (Å²) in [5.41, 5.74) is 0.946. The Morgan fingerprint density at radius 1 is 1.07 bits per heavy atom. The van der Waals surface area contributed by atoms with Gasteiger partial charge in [0.2, 0.25) is 11.8 Å². The summed E-state index contributed by atoms with van der Waals surface area (Å²) in [6.07, 6.45) is 11.9. The summed E-state index contributed by atoms with van der Waals surface area (Å²) < 4.78 is 0. The van der Waals surface area contributed by atoms with E-state index in [-0.39, 0.29) is 23.8 Å². The molecule has 1 aromatic rings. The Morgan fingerprint density at radius 3 is 2.44 bits per heavy atom. The van der Waals surface area contributed by atoms with Gasteiger partial charge in [0, 0.05) is 25.6 Å². The van der Waals surface area contributed by atoms with Crippen LogP contribution in [0.25, 0.3) is 0 Å². The third-order valence-corrected chi connectivity index (χ3v) is 6.27. The van der Waals surface area contributed by atoms with E-state index in [1.54, 1.807) is 13.1 Å². The fourth-order valence-electron chi connectivity index (χ4n) is 4.69. The van der Waals surface area contributed by atoms with E-state index in [0.29, 0.717) is 11.8 Å². The number of amides is 2. The zero-order valence-electron chi connectivity index (χ0n) is 16.5. The summed E-state index contributed by atoms with van der Waals surface area (Å²) >= 11 is 0. The van der Waals surface area contributed by atoms with Gasteiger partial charge in [-0.2, -0.15) is 0 Å². The quantitative estimate of drug-likeness (QED) is 0.800. The van der Waals surface area contributed by atoms with Gasteiger partial charge in [0.15, 0.2) is 0 Å². The molecule has 5 nitrogen and oxygen atoms in total. The zero-order valence-corrected chi connectivity index (χ0v) is 16.5. The first-order valence-electron chi connectivity index (χ1n) is 10.6. The second kappa shape index (κ2) is 9.86. The van der Waals surface area contributed by atoms with Crippen molar-refractivity contribution >= 4 is 11.8 Å². The third-order valence-electron chi connectivity index (χ3n) is 6.27. The van der Waals surface area contributed by atoms with Crippen LogP contribution < -0.4 is 10.6 Å². The van der Waals surface area contributed by atoms with Crippen LogP contribution in [0.4, 0.5) is 0 Å². The number of hydrogen-bond acceptors (Lipinski definition) is 3. The number of aromatic nitrogens is 1. The number of carbonyl (C=O) groups is 2. The molecule has 0 spiro atoms. The van der Waals surface area contributed by atoms with Crippen molar-refractivity contribution in [1.29, 1.82) is 0 Å². The molecule has 2 amide bonds. The summed E-state index contributed by atoms with van der Waals surface area (Å²) in [6, 6.07) is 5.86. The molecule has 0 unspecified atom stereocenters. The molecule has 0 bridgehead atoms. The summed E-state index contributed by atoms with van der Waals surface area (Å²) in [7, 11) is 0. The van der Waals surface area contributed by atoms with Crippen LogP contribution in [0.15, 0.2) is 24.4 Å². The molecule has 0 radical (unpaired) electrons. The summed E-state index contributed by atoms with van der Waals surface area (Å²) in [4.78, 5) is 28.5. The van der Waals surface area contributed by atoms with Crippen molar-refractivity contribution in [3.8, 4) is 0 Å². The number of hydrogen-bond donors (Lipinski definition) is 2. The largest absolute Gasteiger partial charge is 0.356 e. The van der Waals surface area contributed by atoms with Gasteiger partial charge in [-0.25, -0.2) is 0 Å². The van der Waals surface area contributed by atoms with E-state index >= 15 is 0 Å². The smallest absolute Gasteiger partial charge is 0.223 e. The van der Waals surface area contributed by atoms with Gasteiger partial charge in [-0.15, -0.1) is 0 Å². The van der Waals surface area contributed by atoms with E-state index in [1.807, 2.05) is 18.2 Å². The molecule has 2 aliphatic carbocycles. The molecule has 2 aliphatic rings. The minimum absolute atomic E-state index is 0.00692. The molecule has 2 N–H and O–H groups in total. The van der Waals surface area contributed by atoms with E-state index in [0.717, 1.165) is 50.8 Å². The molecule has 0 aliphatic heterocycles. The van der Waals surface area contributed by atoms with E-state index in [1.165, 1.54) is 19.3 Å². The molecule has 2 fully saturated rings. The highest BCUT2D eigenvalue weighted by Gasteiger charge is 2.30. The molecule has 0 saturated heterocycles. The fourth-order valence-corrected chi connectivity index (χ4v) is 4.69. The number of rotatable bonds is 6. The molecular formula is C22H33N3O2. The van der Waals surface area contributed by atoms with Crippen LogP contribution in [0.5, 0.6) is 0 Å². The SMILES string of the molecule is CC(=O)N[C@H](c1ccccn1)C1CCC(CNC(=O)C2CCCCC2)CC1. The Hall–Kier alpha value is -1.91.